The van der Waals surface area contributed by atoms with Crippen molar-refractivity contribution in [2.24, 2.45) is 0 Å². The first-order chi connectivity index (χ1) is 19.7. The van der Waals surface area contributed by atoms with Crippen LogP contribution in [0, 0.1) is 0 Å². The van der Waals surface area contributed by atoms with Gasteiger partial charge in [0.15, 0.2) is 0 Å². The van der Waals surface area contributed by atoms with Crippen molar-refractivity contribution in [3.05, 3.63) is 148 Å². The summed E-state index contributed by atoms with van der Waals surface area (Å²) in [6.45, 7) is 2.36. The largest absolute Gasteiger partial charge is 1.00 e. The number of rotatable bonds is 2. The molecule has 2 atom stereocenters. The molecule has 0 aliphatic heterocycles. The maximum Gasteiger partial charge on any atom is -1.00 e. The molecule has 0 fully saturated rings. The van der Waals surface area contributed by atoms with Gasteiger partial charge in [-0.3, -0.25) is 0 Å². The van der Waals surface area contributed by atoms with Gasteiger partial charge in [-0.2, -0.15) is 0 Å². The molecule has 3 aliphatic rings. The van der Waals surface area contributed by atoms with Gasteiger partial charge in [0.25, 0.3) is 0 Å². The van der Waals surface area contributed by atoms with E-state index in [1.54, 1.807) is 27.8 Å². The van der Waals surface area contributed by atoms with E-state index >= 15 is 0 Å². The second kappa shape index (κ2) is 10.3. The molecule has 6 aromatic rings. The van der Waals surface area contributed by atoms with Gasteiger partial charge < -0.3 is 24.8 Å². The van der Waals surface area contributed by atoms with Crippen molar-refractivity contribution in [3.63, 3.8) is 0 Å². The molecule has 0 saturated heterocycles. The van der Waals surface area contributed by atoms with Gasteiger partial charge >= 0.3 is 203 Å². The number of benzene rings is 6. The van der Waals surface area contributed by atoms with Crippen molar-refractivity contribution in [2.75, 3.05) is 0 Å². The molecule has 3 aliphatic carbocycles. The Morgan fingerprint density at radius 1 is 0.571 bits per heavy atom. The Hall–Kier alpha value is -2.97. The van der Waals surface area contributed by atoms with Gasteiger partial charge in [0, 0.05) is 0 Å². The third-order valence-corrected chi connectivity index (χ3v) is 11.9. The Morgan fingerprint density at radius 2 is 1.24 bits per heavy atom. The zero-order valence-corrected chi connectivity index (χ0v) is 28.3. The summed E-state index contributed by atoms with van der Waals surface area (Å²) in [7, 11) is 0. The second-order valence-corrected chi connectivity index (χ2v) is 13.8. The summed E-state index contributed by atoms with van der Waals surface area (Å²) in [5.41, 5.74) is 18.1. The minimum atomic E-state index is 0. The van der Waals surface area contributed by atoms with E-state index in [0.717, 1.165) is 0 Å². The first-order valence-electron chi connectivity index (χ1n) is 14.4. The Kier molecular flexibility index (Phi) is 6.85. The van der Waals surface area contributed by atoms with Gasteiger partial charge in [-0.05, 0) is 5.39 Å². The van der Waals surface area contributed by atoms with Crippen LogP contribution >= 0.6 is 0 Å². The van der Waals surface area contributed by atoms with Crippen molar-refractivity contribution in [3.8, 4) is 22.3 Å². The van der Waals surface area contributed by atoms with Crippen LogP contribution in [0.3, 0.4) is 0 Å². The molecular formula is C39H27Cl2Hf. The summed E-state index contributed by atoms with van der Waals surface area (Å²) in [6.07, 6.45) is 4.95. The van der Waals surface area contributed by atoms with Gasteiger partial charge in [-0.25, -0.2) is 0 Å². The van der Waals surface area contributed by atoms with E-state index in [1.807, 2.05) is 0 Å². The Bertz CT molecular complexity index is 2100. The number of allylic oxidation sites excluding steroid dienone is 1. The monoisotopic (exact) mass is 745 g/mol. The van der Waals surface area contributed by atoms with E-state index in [-0.39, 0.29) is 24.8 Å². The summed E-state index contributed by atoms with van der Waals surface area (Å²) in [6, 6.07) is 38.9. The predicted octanol–water partition coefficient (Wildman–Crippen LogP) is 3.93. The fourth-order valence-corrected chi connectivity index (χ4v) is 10.00. The predicted molar refractivity (Wildman–Crippen MR) is 164 cm³/mol. The molecule has 0 radical (unpaired) electrons. The second-order valence-electron chi connectivity index (χ2n) is 11.7. The van der Waals surface area contributed by atoms with E-state index in [1.165, 1.54) is 97.7 Å². The van der Waals surface area contributed by atoms with Gasteiger partial charge in [0.05, 0.1) is 0 Å². The average Bonchev–Trinajstić information content (AvgIpc) is 3.45. The van der Waals surface area contributed by atoms with Crippen LogP contribution in [0.15, 0.2) is 109 Å². The van der Waals surface area contributed by atoms with Crippen LogP contribution in [0.5, 0.6) is 0 Å². The molecule has 0 spiro atoms. The van der Waals surface area contributed by atoms with E-state index < -0.39 is 0 Å². The maximum absolute atomic E-state index is 2.60. The summed E-state index contributed by atoms with van der Waals surface area (Å²) < 4.78 is 0.634. The molecule has 0 saturated carbocycles. The van der Waals surface area contributed by atoms with Crippen molar-refractivity contribution >= 4 is 27.6 Å². The summed E-state index contributed by atoms with van der Waals surface area (Å²) in [5, 5.41) is 5.30. The Balaban J connectivity index is 0.00000144. The smallest absolute Gasteiger partial charge is 1.00 e. The number of hydrogen-bond acceptors (Lipinski definition) is 0. The van der Waals surface area contributed by atoms with Crippen LogP contribution in [0.1, 0.15) is 55.5 Å². The van der Waals surface area contributed by atoms with Gasteiger partial charge in [-0.1, -0.05) is 42.5 Å². The molecule has 2 unspecified atom stereocenters. The van der Waals surface area contributed by atoms with E-state index in [0.29, 0.717) is 9.59 Å². The number of hydrogen-bond donors (Lipinski definition) is 0. The van der Waals surface area contributed by atoms with E-state index in [2.05, 4.69) is 116 Å². The quantitative estimate of drug-likeness (QED) is 0.187. The third-order valence-electron chi connectivity index (χ3n) is 9.75. The minimum Gasteiger partial charge on any atom is -1.00 e. The topological polar surface area (TPSA) is 0 Å². The SMILES string of the molecule is CC1=Cc2c(-c3cc4ccccc4c4ccccc34)cccc2C1c1cc2c(c3c1CC3)[CH]([Hf+2])c1ccccc1-2.[Cl-].[Cl-]. The fraction of sp³-hybridized carbons (Fsp3) is 0.128. The molecule has 201 valence electrons. The van der Waals surface area contributed by atoms with Crippen molar-refractivity contribution in [2.45, 2.75) is 29.4 Å². The molecule has 0 aromatic heterocycles. The van der Waals surface area contributed by atoms with Gasteiger partial charge in [0.1, 0.15) is 0 Å². The third kappa shape index (κ3) is 3.76. The summed E-state index contributed by atoms with van der Waals surface area (Å²) >= 11 is 1.17. The van der Waals surface area contributed by atoms with Crippen LogP contribution in [-0.2, 0) is 37.2 Å². The molecule has 42 heavy (non-hydrogen) atoms. The molecule has 0 amide bonds. The van der Waals surface area contributed by atoms with Gasteiger partial charge in [-0.15, -0.1) is 0 Å². The summed E-state index contributed by atoms with van der Waals surface area (Å²) in [4.78, 5) is 0. The van der Waals surface area contributed by atoms with Crippen molar-refractivity contribution in [1.82, 2.24) is 0 Å². The van der Waals surface area contributed by atoms with E-state index in [9.17, 15) is 0 Å². The Morgan fingerprint density at radius 3 is 2.05 bits per heavy atom. The van der Waals surface area contributed by atoms with Crippen molar-refractivity contribution in [1.29, 1.82) is 0 Å². The van der Waals surface area contributed by atoms with Crippen LogP contribution < -0.4 is 24.8 Å². The minimum absolute atomic E-state index is 0. The average molecular weight is 745 g/mol. The van der Waals surface area contributed by atoms with Crippen LogP contribution in [0.25, 0.3) is 49.9 Å². The normalized spacial score (nSPS) is 17.4. The maximum atomic E-state index is 2.60. The molecule has 0 heterocycles. The molecule has 6 aromatic carbocycles. The first-order valence-corrected chi connectivity index (χ1v) is 16.5. The van der Waals surface area contributed by atoms with Crippen molar-refractivity contribution < 1.29 is 49.2 Å². The molecule has 0 bridgehead atoms. The first kappa shape index (κ1) is 27.8. The molecule has 3 heteroatoms. The Labute approximate surface area is 274 Å². The molecular weight excluding hydrogens is 718 g/mol. The number of fused-ring (bicyclic) bond motifs is 9. The van der Waals surface area contributed by atoms with Crippen LogP contribution in [0.4, 0.5) is 0 Å². The van der Waals surface area contributed by atoms with Gasteiger partial charge in [0.2, 0.25) is 0 Å². The fourth-order valence-electron chi connectivity index (χ4n) is 7.91. The van der Waals surface area contributed by atoms with E-state index in [4.69, 9.17) is 0 Å². The summed E-state index contributed by atoms with van der Waals surface area (Å²) in [5.74, 6) is 0.335. The molecule has 0 N–H and O–H groups in total. The number of halogens is 2. The molecule has 0 nitrogen and oxygen atoms in total. The van der Waals surface area contributed by atoms with Crippen LogP contribution in [0.2, 0.25) is 0 Å². The standard InChI is InChI=1S/C39H27.2ClH.Hf/c1-23-19-34-30(35-20-24-9-2-4-11-26(24)28-13-6-7-14-29(28)35)15-8-16-33(34)39(23)38-22-37-27-12-5-3-10-25(27)21-36(37)31-17-18-32(31)38;;;/h2-16,19-22,39H,17-18H2,1H3;2*1H;/q;;;+2/p-2. The zero-order valence-electron chi connectivity index (χ0n) is 23.2. The zero-order chi connectivity index (χ0) is 26.5. The van der Waals surface area contributed by atoms with Crippen LogP contribution in [-0.4, -0.2) is 0 Å². The molecule has 9 rings (SSSR count).